The Morgan fingerprint density at radius 1 is 1.00 bits per heavy atom. The van der Waals surface area contributed by atoms with Crippen molar-refractivity contribution < 1.29 is 19.7 Å². The molecule has 3 aliphatic rings. The Labute approximate surface area is 150 Å². The van der Waals surface area contributed by atoms with Gasteiger partial charge in [0.05, 0.1) is 5.56 Å². The Kier molecular flexibility index (Phi) is 3.34. The third-order valence-electron chi connectivity index (χ3n) is 5.63. The van der Waals surface area contributed by atoms with Gasteiger partial charge in [-0.05, 0) is 61.6 Å². The number of fused-ring (bicyclic) bond motifs is 4. The van der Waals surface area contributed by atoms with Crippen LogP contribution in [0.3, 0.4) is 0 Å². The van der Waals surface area contributed by atoms with Crippen LogP contribution in [0.15, 0.2) is 42.0 Å². The first-order valence-corrected chi connectivity index (χ1v) is 8.95. The number of carboxylic acids is 1. The van der Waals surface area contributed by atoms with E-state index in [0.29, 0.717) is 23.6 Å². The monoisotopic (exact) mass is 349 g/mol. The van der Waals surface area contributed by atoms with Gasteiger partial charge in [-0.3, -0.25) is 0 Å². The summed E-state index contributed by atoms with van der Waals surface area (Å²) in [6.45, 7) is 0. The number of rotatable bonds is 1. The normalized spacial score (nSPS) is 23.2. The number of hydrogen-bond donors (Lipinski definition) is 3. The van der Waals surface area contributed by atoms with Gasteiger partial charge in [-0.2, -0.15) is 0 Å². The molecular weight excluding hydrogens is 330 g/mol. The van der Waals surface area contributed by atoms with Crippen LogP contribution in [-0.4, -0.2) is 28.3 Å². The van der Waals surface area contributed by atoms with Gasteiger partial charge in [-0.25, -0.2) is 4.79 Å². The standard InChI is InChI=1S/C21H19NO4/c23-15-4-6-17-19(10-15)26-18-9-11(21(24)25)1-5-16(18)20(17)12-7-13-2-3-14(8-12)22-13/h1,4-6,9-10,13-14,22-23H,2-3,7-8H2,(H,24,25). The second-order valence-electron chi connectivity index (χ2n) is 7.32. The molecule has 2 aromatic carbocycles. The van der Waals surface area contributed by atoms with E-state index in [1.54, 1.807) is 24.3 Å². The Bertz CT molecular complexity index is 948. The average Bonchev–Trinajstić information content (AvgIpc) is 2.96. The second kappa shape index (κ2) is 5.61. The summed E-state index contributed by atoms with van der Waals surface area (Å²) in [6.07, 6.45) is 4.38. The highest BCUT2D eigenvalue weighted by Gasteiger charge is 2.34. The lowest BCUT2D eigenvalue weighted by Gasteiger charge is -2.30. The zero-order chi connectivity index (χ0) is 17.8. The van der Waals surface area contributed by atoms with Crippen LogP contribution in [0.1, 0.15) is 47.2 Å². The molecule has 26 heavy (non-hydrogen) atoms. The minimum atomic E-state index is -0.979. The first-order valence-electron chi connectivity index (χ1n) is 8.95. The number of piperidine rings is 1. The smallest absolute Gasteiger partial charge is 0.335 e. The second-order valence-corrected chi connectivity index (χ2v) is 7.32. The maximum atomic E-state index is 11.3. The van der Waals surface area contributed by atoms with Gasteiger partial charge in [0.15, 0.2) is 0 Å². The summed E-state index contributed by atoms with van der Waals surface area (Å²) in [4.78, 5) is 11.3. The molecule has 0 saturated carbocycles. The van der Waals surface area contributed by atoms with Crippen LogP contribution >= 0.6 is 0 Å². The maximum Gasteiger partial charge on any atom is 0.335 e. The zero-order valence-corrected chi connectivity index (χ0v) is 14.2. The number of benzene rings is 2. The van der Waals surface area contributed by atoms with E-state index in [1.165, 1.54) is 18.4 Å². The fourth-order valence-electron chi connectivity index (χ4n) is 4.50. The van der Waals surface area contributed by atoms with Gasteiger partial charge in [0.2, 0.25) is 0 Å². The summed E-state index contributed by atoms with van der Waals surface area (Å²) in [5.74, 6) is 0.272. The molecule has 0 spiro atoms. The van der Waals surface area contributed by atoms with Crippen molar-refractivity contribution in [1.82, 2.24) is 5.32 Å². The summed E-state index contributed by atoms with van der Waals surface area (Å²) in [7, 11) is 0. The Morgan fingerprint density at radius 3 is 2.35 bits per heavy atom. The molecule has 2 fully saturated rings. The number of nitrogens with one attached hydrogen (secondary N) is 1. The molecular formula is C21H19NO4. The third kappa shape index (κ3) is 2.39. The molecule has 0 aliphatic carbocycles. The molecule has 5 heteroatoms. The summed E-state index contributed by atoms with van der Waals surface area (Å²) in [5.41, 5.74) is 4.62. The van der Waals surface area contributed by atoms with Gasteiger partial charge >= 0.3 is 5.97 Å². The van der Waals surface area contributed by atoms with E-state index in [0.717, 1.165) is 29.5 Å². The molecule has 3 aliphatic heterocycles. The molecule has 0 aromatic heterocycles. The summed E-state index contributed by atoms with van der Waals surface area (Å²) >= 11 is 0. The Balaban J connectivity index is 1.72. The van der Waals surface area contributed by atoms with Crippen LogP contribution < -0.4 is 10.1 Å². The number of carboxylic acid groups (broad SMARTS) is 1. The minimum Gasteiger partial charge on any atom is -0.508 e. The molecule has 3 heterocycles. The first kappa shape index (κ1) is 15.5. The van der Waals surface area contributed by atoms with E-state index in [9.17, 15) is 15.0 Å². The zero-order valence-electron chi connectivity index (χ0n) is 14.2. The molecule has 2 aromatic rings. The molecule has 2 bridgehead atoms. The molecule has 2 saturated heterocycles. The topological polar surface area (TPSA) is 78.8 Å². The van der Waals surface area contributed by atoms with Crippen molar-refractivity contribution in [3.05, 3.63) is 58.7 Å². The van der Waals surface area contributed by atoms with Crippen LogP contribution in [-0.2, 0) is 0 Å². The maximum absolute atomic E-state index is 11.3. The molecule has 5 nitrogen and oxygen atoms in total. The molecule has 0 radical (unpaired) electrons. The number of phenols is 1. The van der Waals surface area contributed by atoms with Gasteiger partial charge in [0.25, 0.3) is 0 Å². The van der Waals surface area contributed by atoms with E-state index in [-0.39, 0.29) is 11.3 Å². The predicted octanol–water partition coefficient (Wildman–Crippen LogP) is 3.91. The number of carbonyl (C=O) groups is 1. The van der Waals surface area contributed by atoms with Crippen LogP contribution in [0, 0.1) is 0 Å². The van der Waals surface area contributed by atoms with Crippen molar-refractivity contribution in [1.29, 1.82) is 0 Å². The number of phenolic OH excluding ortho intramolecular Hbond substituents is 1. The van der Waals surface area contributed by atoms with Crippen LogP contribution in [0.25, 0.3) is 5.57 Å². The van der Waals surface area contributed by atoms with Crippen molar-refractivity contribution in [3.8, 4) is 17.2 Å². The van der Waals surface area contributed by atoms with Crippen molar-refractivity contribution >= 4 is 11.5 Å². The molecule has 5 rings (SSSR count). The number of ether oxygens (including phenoxy) is 1. The molecule has 132 valence electrons. The van der Waals surface area contributed by atoms with Gasteiger partial charge < -0.3 is 20.3 Å². The number of hydrogen-bond acceptors (Lipinski definition) is 4. The number of aromatic hydroxyl groups is 1. The summed E-state index contributed by atoms with van der Waals surface area (Å²) in [5, 5.41) is 22.8. The lowest BCUT2D eigenvalue weighted by molar-refractivity contribution is 0.0696. The molecule has 2 unspecified atom stereocenters. The van der Waals surface area contributed by atoms with Crippen molar-refractivity contribution in [2.75, 3.05) is 0 Å². The van der Waals surface area contributed by atoms with Gasteiger partial charge in [0, 0.05) is 29.3 Å². The molecule has 0 amide bonds. The highest BCUT2D eigenvalue weighted by atomic mass is 16.5. The highest BCUT2D eigenvalue weighted by Crippen LogP contribution is 2.49. The highest BCUT2D eigenvalue weighted by molar-refractivity contribution is 5.94. The van der Waals surface area contributed by atoms with Gasteiger partial charge in [-0.1, -0.05) is 5.57 Å². The average molecular weight is 349 g/mol. The van der Waals surface area contributed by atoms with Gasteiger partial charge in [-0.15, -0.1) is 0 Å². The third-order valence-corrected chi connectivity index (χ3v) is 5.63. The first-order chi connectivity index (χ1) is 12.6. The van der Waals surface area contributed by atoms with E-state index in [4.69, 9.17) is 4.74 Å². The Hall–Kier alpha value is -2.79. The van der Waals surface area contributed by atoms with Crippen molar-refractivity contribution in [3.63, 3.8) is 0 Å². The van der Waals surface area contributed by atoms with E-state index < -0.39 is 5.97 Å². The minimum absolute atomic E-state index is 0.135. The van der Waals surface area contributed by atoms with Crippen LogP contribution in [0.5, 0.6) is 17.2 Å². The van der Waals surface area contributed by atoms with Crippen LogP contribution in [0.2, 0.25) is 0 Å². The van der Waals surface area contributed by atoms with Crippen molar-refractivity contribution in [2.24, 2.45) is 0 Å². The van der Waals surface area contributed by atoms with Crippen LogP contribution in [0.4, 0.5) is 0 Å². The number of aromatic carboxylic acids is 1. The molecule has 2 atom stereocenters. The Morgan fingerprint density at radius 2 is 1.65 bits per heavy atom. The lowest BCUT2D eigenvalue weighted by Crippen LogP contribution is -2.35. The fraction of sp³-hybridized carbons (Fsp3) is 0.286. The lowest BCUT2D eigenvalue weighted by atomic mass is 9.84. The van der Waals surface area contributed by atoms with E-state index >= 15 is 0 Å². The summed E-state index contributed by atoms with van der Waals surface area (Å²) < 4.78 is 5.97. The van der Waals surface area contributed by atoms with Crippen molar-refractivity contribution in [2.45, 2.75) is 37.8 Å². The van der Waals surface area contributed by atoms with E-state index in [2.05, 4.69) is 5.32 Å². The van der Waals surface area contributed by atoms with E-state index in [1.807, 2.05) is 12.1 Å². The predicted molar refractivity (Wildman–Crippen MR) is 96.8 cm³/mol. The fourth-order valence-corrected chi connectivity index (χ4v) is 4.50. The summed E-state index contributed by atoms with van der Waals surface area (Å²) in [6, 6.07) is 11.2. The quantitative estimate of drug-likeness (QED) is 0.621. The molecule has 3 N–H and O–H groups in total. The largest absolute Gasteiger partial charge is 0.508 e. The van der Waals surface area contributed by atoms with Gasteiger partial charge in [0.1, 0.15) is 17.2 Å². The SMILES string of the molecule is O=C(O)c1ccc2c(c1)Oc1cc(O)ccc1C2=C1CC2CCC(C1)N2.